The first-order valence-corrected chi connectivity index (χ1v) is 6.64. The maximum atomic E-state index is 10.3. The Bertz CT molecular complexity index is 440. The van der Waals surface area contributed by atoms with Crippen molar-refractivity contribution in [2.45, 2.75) is 36.9 Å². The third-order valence-electron chi connectivity index (χ3n) is 3.72. The lowest BCUT2D eigenvalue weighted by Gasteiger charge is -2.46. The van der Waals surface area contributed by atoms with Crippen molar-refractivity contribution >= 4 is 0 Å². The van der Waals surface area contributed by atoms with Crippen molar-refractivity contribution in [2.75, 3.05) is 13.7 Å². The standard InChI is InChI=1S/C14H19NO5/c1-17-14-10(15)11(16)12-9(19-14)7-18-13(20-12)8-5-3-2-4-6-8/h2-6,9-14,16H,7,15H2,1H3/t9-,10-,11-,12-,13?,14+/m1/s1. The smallest absolute Gasteiger partial charge is 0.184 e. The van der Waals surface area contributed by atoms with E-state index in [0.717, 1.165) is 5.56 Å². The van der Waals surface area contributed by atoms with Crippen LogP contribution in [0.3, 0.4) is 0 Å². The molecule has 0 spiro atoms. The highest BCUT2D eigenvalue weighted by atomic mass is 16.7. The van der Waals surface area contributed by atoms with Crippen LogP contribution in [0.25, 0.3) is 0 Å². The molecule has 3 rings (SSSR count). The lowest BCUT2D eigenvalue weighted by atomic mass is 9.96. The summed E-state index contributed by atoms with van der Waals surface area (Å²) in [5.74, 6) is 0. The Kier molecular flexibility index (Phi) is 4.02. The molecular weight excluding hydrogens is 262 g/mol. The van der Waals surface area contributed by atoms with Crippen LogP contribution >= 0.6 is 0 Å². The first-order chi connectivity index (χ1) is 9.70. The second-order valence-electron chi connectivity index (χ2n) is 5.02. The van der Waals surface area contributed by atoms with Crippen LogP contribution in [-0.2, 0) is 18.9 Å². The highest BCUT2D eigenvalue weighted by molar-refractivity contribution is 5.16. The fraction of sp³-hybridized carbons (Fsp3) is 0.571. The monoisotopic (exact) mass is 281 g/mol. The number of ether oxygens (including phenoxy) is 4. The lowest BCUT2D eigenvalue weighted by Crippen LogP contribution is -2.64. The Labute approximate surface area is 117 Å². The second kappa shape index (κ2) is 5.77. The molecule has 2 aliphatic heterocycles. The molecule has 20 heavy (non-hydrogen) atoms. The summed E-state index contributed by atoms with van der Waals surface area (Å²) >= 11 is 0. The number of aliphatic hydroxyl groups excluding tert-OH is 1. The molecule has 3 N–H and O–H groups in total. The van der Waals surface area contributed by atoms with Gasteiger partial charge in [0.25, 0.3) is 0 Å². The summed E-state index contributed by atoms with van der Waals surface area (Å²) in [6.07, 6.45) is -2.91. The molecule has 6 nitrogen and oxygen atoms in total. The molecule has 6 atom stereocenters. The zero-order valence-corrected chi connectivity index (χ0v) is 11.2. The predicted molar refractivity (Wildman–Crippen MR) is 69.7 cm³/mol. The van der Waals surface area contributed by atoms with Crippen molar-refractivity contribution in [1.82, 2.24) is 0 Å². The molecule has 0 bridgehead atoms. The van der Waals surface area contributed by atoms with Gasteiger partial charge in [-0.15, -0.1) is 0 Å². The van der Waals surface area contributed by atoms with Gasteiger partial charge in [-0.1, -0.05) is 30.3 Å². The highest BCUT2D eigenvalue weighted by Crippen LogP contribution is 2.33. The topological polar surface area (TPSA) is 83.2 Å². The maximum Gasteiger partial charge on any atom is 0.184 e. The van der Waals surface area contributed by atoms with Crippen molar-refractivity contribution in [1.29, 1.82) is 0 Å². The average molecular weight is 281 g/mol. The van der Waals surface area contributed by atoms with Crippen molar-refractivity contribution < 1.29 is 24.1 Å². The van der Waals surface area contributed by atoms with Crippen LogP contribution in [-0.4, -0.2) is 49.5 Å². The van der Waals surface area contributed by atoms with Crippen LogP contribution < -0.4 is 5.73 Å². The van der Waals surface area contributed by atoms with E-state index in [1.54, 1.807) is 0 Å². The molecule has 0 aromatic heterocycles. The Morgan fingerprint density at radius 3 is 2.70 bits per heavy atom. The van der Waals surface area contributed by atoms with E-state index in [1.165, 1.54) is 7.11 Å². The fourth-order valence-electron chi connectivity index (χ4n) is 2.60. The van der Waals surface area contributed by atoms with Gasteiger partial charge in [-0.05, 0) is 0 Å². The third kappa shape index (κ3) is 2.46. The molecule has 0 radical (unpaired) electrons. The van der Waals surface area contributed by atoms with Crippen molar-refractivity contribution in [3.05, 3.63) is 35.9 Å². The minimum atomic E-state index is -0.853. The van der Waals surface area contributed by atoms with E-state index in [2.05, 4.69) is 0 Å². The molecule has 6 heteroatoms. The van der Waals surface area contributed by atoms with Crippen LogP contribution in [0, 0.1) is 0 Å². The van der Waals surface area contributed by atoms with Gasteiger partial charge in [-0.3, -0.25) is 0 Å². The zero-order chi connectivity index (χ0) is 14.1. The van der Waals surface area contributed by atoms with Crippen LogP contribution in [0.1, 0.15) is 11.9 Å². The van der Waals surface area contributed by atoms with Crippen molar-refractivity contribution in [3.63, 3.8) is 0 Å². The molecule has 2 fully saturated rings. The molecule has 1 aromatic rings. The van der Waals surface area contributed by atoms with Crippen molar-refractivity contribution in [2.24, 2.45) is 5.73 Å². The lowest BCUT2D eigenvalue weighted by molar-refractivity contribution is -0.339. The minimum absolute atomic E-state index is 0.327. The fourth-order valence-corrected chi connectivity index (χ4v) is 2.60. The van der Waals surface area contributed by atoms with Gasteiger partial charge in [-0.2, -0.15) is 0 Å². The van der Waals surface area contributed by atoms with E-state index < -0.39 is 30.8 Å². The van der Waals surface area contributed by atoms with Gasteiger partial charge in [-0.25, -0.2) is 0 Å². The summed E-state index contributed by atoms with van der Waals surface area (Å²) in [4.78, 5) is 0. The largest absolute Gasteiger partial charge is 0.388 e. The number of methoxy groups -OCH3 is 1. The predicted octanol–water partition coefficient (Wildman–Crippen LogP) is 0.160. The first-order valence-electron chi connectivity index (χ1n) is 6.64. The van der Waals surface area contributed by atoms with Crippen LogP contribution in [0.4, 0.5) is 0 Å². The number of rotatable bonds is 2. The van der Waals surface area contributed by atoms with E-state index in [4.69, 9.17) is 24.7 Å². The van der Waals surface area contributed by atoms with E-state index >= 15 is 0 Å². The van der Waals surface area contributed by atoms with Gasteiger partial charge in [0.05, 0.1) is 12.6 Å². The Morgan fingerprint density at radius 1 is 1.25 bits per heavy atom. The average Bonchev–Trinajstić information content (AvgIpc) is 2.51. The summed E-state index contributed by atoms with van der Waals surface area (Å²) in [6.45, 7) is 0.327. The summed E-state index contributed by atoms with van der Waals surface area (Å²) in [6, 6.07) is 8.93. The van der Waals surface area contributed by atoms with Crippen LogP contribution in [0.2, 0.25) is 0 Å². The molecule has 0 aliphatic carbocycles. The molecule has 1 unspecified atom stereocenters. The quantitative estimate of drug-likeness (QED) is 0.803. The van der Waals surface area contributed by atoms with Gasteiger partial charge in [0.2, 0.25) is 0 Å². The summed E-state index contributed by atoms with van der Waals surface area (Å²) in [5.41, 5.74) is 6.81. The number of hydrogen-bond donors (Lipinski definition) is 2. The van der Waals surface area contributed by atoms with Gasteiger partial charge < -0.3 is 29.8 Å². The Hall–Kier alpha value is -1.02. The molecule has 2 aliphatic rings. The molecule has 110 valence electrons. The van der Waals surface area contributed by atoms with E-state index in [1.807, 2.05) is 30.3 Å². The summed E-state index contributed by atoms with van der Waals surface area (Å²) in [5, 5.41) is 10.3. The zero-order valence-electron chi connectivity index (χ0n) is 11.2. The van der Waals surface area contributed by atoms with Crippen LogP contribution in [0.15, 0.2) is 30.3 Å². The minimum Gasteiger partial charge on any atom is -0.388 e. The number of aliphatic hydroxyl groups is 1. The van der Waals surface area contributed by atoms with Crippen molar-refractivity contribution in [3.8, 4) is 0 Å². The number of benzene rings is 1. The number of nitrogens with two attached hydrogens (primary N) is 1. The van der Waals surface area contributed by atoms with Gasteiger partial charge >= 0.3 is 0 Å². The molecular formula is C14H19NO5. The van der Waals surface area contributed by atoms with Gasteiger partial charge in [0.1, 0.15) is 18.3 Å². The molecule has 0 saturated carbocycles. The summed E-state index contributed by atoms with van der Waals surface area (Å²) < 4.78 is 22.2. The molecule has 2 saturated heterocycles. The van der Waals surface area contributed by atoms with E-state index in [0.29, 0.717) is 6.61 Å². The van der Waals surface area contributed by atoms with Crippen LogP contribution in [0.5, 0.6) is 0 Å². The molecule has 2 heterocycles. The summed E-state index contributed by atoms with van der Waals surface area (Å²) in [7, 11) is 1.49. The molecule has 1 aromatic carbocycles. The molecule has 0 amide bonds. The SMILES string of the molecule is CO[C@H]1O[C@@H]2COC(c3ccccc3)O[C@H]2[C@H](O)[C@H]1N. The Balaban J connectivity index is 1.74. The maximum absolute atomic E-state index is 10.3. The Morgan fingerprint density at radius 2 is 2.00 bits per heavy atom. The van der Waals surface area contributed by atoms with E-state index in [-0.39, 0.29) is 6.10 Å². The van der Waals surface area contributed by atoms with Gasteiger partial charge in [0.15, 0.2) is 12.6 Å². The number of hydrogen-bond acceptors (Lipinski definition) is 6. The van der Waals surface area contributed by atoms with E-state index in [9.17, 15) is 5.11 Å². The second-order valence-corrected chi connectivity index (χ2v) is 5.02. The first kappa shape index (κ1) is 13.9. The third-order valence-corrected chi connectivity index (χ3v) is 3.72. The normalized spacial score (nSPS) is 41.1. The van der Waals surface area contributed by atoms with Gasteiger partial charge in [0, 0.05) is 12.7 Å². The highest BCUT2D eigenvalue weighted by Gasteiger charge is 2.48. The number of fused-ring (bicyclic) bond motifs is 1.